The number of hydrazine groups is 1. The first kappa shape index (κ1) is 6.34. The number of rotatable bonds is 0. The average Bonchev–Trinajstić information content (AvgIpc) is 2.53. The minimum Gasteiger partial charge on any atom is -0.315 e. The normalized spacial score (nSPS) is 22.1. The van der Waals surface area contributed by atoms with E-state index in [4.69, 9.17) is 0 Å². The number of hydrogen-bond donors (Lipinski definition) is 0. The molecule has 2 rings (SSSR count). The molecule has 0 N–H and O–H groups in total. The highest BCUT2D eigenvalue weighted by atomic mass is 15.8. The second-order valence-corrected chi connectivity index (χ2v) is 2.70. The lowest BCUT2D eigenvalue weighted by atomic mass is 10.5. The van der Waals surface area contributed by atoms with E-state index < -0.39 is 0 Å². The van der Waals surface area contributed by atoms with Gasteiger partial charge in [-0.05, 0) is 6.08 Å². The lowest BCUT2D eigenvalue weighted by Crippen LogP contribution is -2.24. The van der Waals surface area contributed by atoms with Crippen molar-refractivity contribution < 1.29 is 0 Å². The third-order valence-corrected chi connectivity index (χ3v) is 2.12. The summed E-state index contributed by atoms with van der Waals surface area (Å²) in [4.78, 5) is 1.98. The highest BCUT2D eigenvalue weighted by Gasteiger charge is 2.31. The molecule has 0 saturated carbocycles. The van der Waals surface area contributed by atoms with Gasteiger partial charge >= 0.3 is 0 Å². The molecule has 1 saturated heterocycles. The van der Waals surface area contributed by atoms with Crippen LogP contribution in [0.15, 0.2) is 37.1 Å². The molecule has 0 bridgehead atoms. The molecule has 0 radical (unpaired) electrons. The zero-order valence-electron chi connectivity index (χ0n) is 6.62. The molecule has 0 atom stereocenters. The molecule has 0 aromatic carbocycles. The van der Waals surface area contributed by atoms with E-state index in [0.29, 0.717) is 0 Å². The van der Waals surface area contributed by atoms with E-state index in [-0.39, 0.29) is 0 Å². The molecule has 0 aliphatic carbocycles. The van der Waals surface area contributed by atoms with Crippen LogP contribution >= 0.6 is 0 Å². The second-order valence-electron chi connectivity index (χ2n) is 2.70. The van der Waals surface area contributed by atoms with Crippen LogP contribution < -0.4 is 0 Å². The molecule has 11 heavy (non-hydrogen) atoms. The van der Waals surface area contributed by atoms with Crippen LogP contribution in [0.3, 0.4) is 0 Å². The summed E-state index contributed by atoms with van der Waals surface area (Å²) < 4.78 is 0. The van der Waals surface area contributed by atoms with Crippen LogP contribution in [0.1, 0.15) is 0 Å². The van der Waals surface area contributed by atoms with Crippen LogP contribution in [0.5, 0.6) is 0 Å². The monoisotopic (exact) mass is 149 g/mol. The van der Waals surface area contributed by atoms with E-state index in [1.807, 2.05) is 23.2 Å². The highest BCUT2D eigenvalue weighted by molar-refractivity contribution is 5.19. The summed E-state index contributed by atoms with van der Waals surface area (Å²) in [5.41, 5.74) is 0. The number of fused-ring (bicyclic) bond motifs is 1. The predicted molar refractivity (Wildman–Crippen MR) is 43.7 cm³/mol. The fraction of sp³-hybridized carbons (Fsp3) is 0.250. The maximum atomic E-state index is 3.94. The van der Waals surface area contributed by atoms with Crippen molar-refractivity contribution in [3.8, 4) is 0 Å². The van der Waals surface area contributed by atoms with Gasteiger partial charge in [0.25, 0.3) is 0 Å². The quantitative estimate of drug-likeness (QED) is 0.507. The molecule has 0 aromatic rings. The molecule has 0 unspecified atom stereocenters. The molecule has 0 aromatic heterocycles. The van der Waals surface area contributed by atoms with Gasteiger partial charge in [0.1, 0.15) is 11.6 Å². The summed E-state index contributed by atoms with van der Waals surface area (Å²) in [5, 5.41) is 4.07. The largest absolute Gasteiger partial charge is 0.315 e. The Morgan fingerprint density at radius 1 is 1.36 bits per heavy atom. The fourth-order valence-electron chi connectivity index (χ4n) is 1.35. The summed E-state index contributed by atoms with van der Waals surface area (Å²) >= 11 is 0. The first-order valence-corrected chi connectivity index (χ1v) is 3.56. The molecule has 58 valence electrons. The van der Waals surface area contributed by atoms with E-state index in [9.17, 15) is 0 Å². The van der Waals surface area contributed by atoms with Gasteiger partial charge < -0.3 is 4.90 Å². The standard InChI is InChI=1S/C8H11N3/c1-7-9(3)8(2)11-6-4-5-10(7)11/h4-5H,1-2,6H2,3H3. The third-order valence-electron chi connectivity index (χ3n) is 2.12. The lowest BCUT2D eigenvalue weighted by molar-refractivity contribution is 0.175. The van der Waals surface area contributed by atoms with Gasteiger partial charge in [0, 0.05) is 13.2 Å². The summed E-state index contributed by atoms with van der Waals surface area (Å²) in [7, 11) is 1.97. The molecule has 0 spiro atoms. The Bertz CT molecular complexity index is 254. The summed E-state index contributed by atoms with van der Waals surface area (Å²) in [6.07, 6.45) is 4.10. The maximum Gasteiger partial charge on any atom is 0.126 e. The van der Waals surface area contributed by atoms with Crippen molar-refractivity contribution in [3.63, 3.8) is 0 Å². The topological polar surface area (TPSA) is 9.72 Å². The Labute approximate surface area is 66.5 Å². The van der Waals surface area contributed by atoms with Crippen LogP contribution in [-0.2, 0) is 0 Å². The van der Waals surface area contributed by atoms with Gasteiger partial charge in [-0.15, -0.1) is 0 Å². The molecular weight excluding hydrogens is 138 g/mol. The van der Waals surface area contributed by atoms with E-state index in [2.05, 4.69) is 24.2 Å². The minimum atomic E-state index is 0.905. The van der Waals surface area contributed by atoms with E-state index >= 15 is 0 Å². The van der Waals surface area contributed by atoms with E-state index in [1.54, 1.807) is 0 Å². The van der Waals surface area contributed by atoms with Crippen molar-refractivity contribution in [2.75, 3.05) is 13.6 Å². The molecule has 3 heteroatoms. The van der Waals surface area contributed by atoms with Crippen molar-refractivity contribution in [1.82, 2.24) is 14.9 Å². The first-order valence-electron chi connectivity index (χ1n) is 3.56. The number of hydrogen-bond acceptors (Lipinski definition) is 3. The maximum absolute atomic E-state index is 3.94. The summed E-state index contributed by atoms with van der Waals surface area (Å²) in [6, 6.07) is 0. The van der Waals surface area contributed by atoms with Crippen LogP contribution in [0.2, 0.25) is 0 Å². The van der Waals surface area contributed by atoms with E-state index in [0.717, 1.165) is 18.2 Å². The molecule has 0 amide bonds. The third kappa shape index (κ3) is 0.623. The molecule has 2 aliphatic rings. The molecule has 3 nitrogen and oxygen atoms in total. The SMILES string of the molecule is C=C1N(C)C(=C)N2CC=CN12. The van der Waals surface area contributed by atoms with Gasteiger partial charge in [0.15, 0.2) is 0 Å². The Balaban J connectivity index is 2.36. The Kier molecular flexibility index (Phi) is 1.04. The van der Waals surface area contributed by atoms with Crippen molar-refractivity contribution in [1.29, 1.82) is 0 Å². The molecule has 1 fully saturated rings. The van der Waals surface area contributed by atoms with Gasteiger partial charge in [-0.1, -0.05) is 13.2 Å². The van der Waals surface area contributed by atoms with Crippen molar-refractivity contribution in [2.45, 2.75) is 0 Å². The van der Waals surface area contributed by atoms with E-state index in [1.165, 1.54) is 0 Å². The fourth-order valence-corrected chi connectivity index (χ4v) is 1.35. The second kappa shape index (κ2) is 1.81. The van der Waals surface area contributed by atoms with Gasteiger partial charge in [-0.25, -0.2) is 5.01 Å². The van der Waals surface area contributed by atoms with Crippen molar-refractivity contribution in [3.05, 3.63) is 37.1 Å². The predicted octanol–water partition coefficient (Wildman–Crippen LogP) is 0.920. The van der Waals surface area contributed by atoms with Crippen LogP contribution in [0.25, 0.3) is 0 Å². The van der Waals surface area contributed by atoms with Gasteiger partial charge in [0.05, 0.1) is 6.54 Å². The first-order chi connectivity index (χ1) is 5.22. The Morgan fingerprint density at radius 2 is 2.09 bits per heavy atom. The zero-order chi connectivity index (χ0) is 8.01. The average molecular weight is 149 g/mol. The lowest BCUT2D eigenvalue weighted by Gasteiger charge is -2.19. The molecule has 2 aliphatic heterocycles. The Morgan fingerprint density at radius 3 is 2.73 bits per heavy atom. The van der Waals surface area contributed by atoms with Crippen LogP contribution in [-0.4, -0.2) is 28.5 Å². The van der Waals surface area contributed by atoms with Crippen molar-refractivity contribution >= 4 is 0 Å². The Hall–Kier alpha value is -1.38. The highest BCUT2D eigenvalue weighted by Crippen LogP contribution is 2.30. The number of nitrogens with zero attached hydrogens (tertiary/aromatic N) is 3. The summed E-state index contributed by atoms with van der Waals surface area (Å²) in [6.45, 7) is 8.77. The molecular formula is C8H11N3. The summed E-state index contributed by atoms with van der Waals surface area (Å²) in [5.74, 6) is 1.95. The van der Waals surface area contributed by atoms with Crippen molar-refractivity contribution in [2.24, 2.45) is 0 Å². The smallest absolute Gasteiger partial charge is 0.126 e. The van der Waals surface area contributed by atoms with Gasteiger partial charge in [0.2, 0.25) is 0 Å². The van der Waals surface area contributed by atoms with Crippen LogP contribution in [0.4, 0.5) is 0 Å². The molecule has 2 heterocycles. The minimum absolute atomic E-state index is 0.905. The zero-order valence-corrected chi connectivity index (χ0v) is 6.62. The van der Waals surface area contributed by atoms with Gasteiger partial charge in [-0.3, -0.25) is 5.01 Å². The van der Waals surface area contributed by atoms with Crippen LogP contribution in [0, 0.1) is 0 Å². The van der Waals surface area contributed by atoms with Gasteiger partial charge in [-0.2, -0.15) is 0 Å².